The molecule has 0 spiro atoms. The Hall–Kier alpha value is -3.28. The number of carbonyl (C=O) groups excluding carboxylic acids is 1. The first-order chi connectivity index (χ1) is 15.7. The number of unbranched alkanes of at least 4 members (excludes halogenated alkanes) is 2. The molecule has 0 atom stereocenters. The van der Waals surface area contributed by atoms with Crippen molar-refractivity contribution in [2.24, 2.45) is 0 Å². The van der Waals surface area contributed by atoms with Crippen LogP contribution in [0.15, 0.2) is 41.1 Å². The summed E-state index contributed by atoms with van der Waals surface area (Å²) in [7, 11) is 1.71. The number of phenols is 1. The predicted octanol–water partition coefficient (Wildman–Crippen LogP) is 5.99. The summed E-state index contributed by atoms with van der Waals surface area (Å²) in [5.74, 6) is 0.361. The summed E-state index contributed by atoms with van der Waals surface area (Å²) >= 11 is 0. The number of hydrogen-bond acceptors (Lipinski definition) is 5. The van der Waals surface area contributed by atoms with Crippen molar-refractivity contribution in [1.29, 1.82) is 0 Å². The van der Waals surface area contributed by atoms with E-state index in [0.717, 1.165) is 41.5 Å². The second kappa shape index (κ2) is 8.93. The van der Waals surface area contributed by atoms with E-state index in [0.29, 0.717) is 35.5 Å². The average molecular weight is 449 g/mol. The van der Waals surface area contributed by atoms with Crippen LogP contribution in [-0.4, -0.2) is 28.1 Å². The SMILES string of the molecule is CCCCCc1cc2c(c(O)c1C(=O)N(C)Cc1ccon1)-c1cc(C)ccc1C(C)(C)O2. The van der Waals surface area contributed by atoms with Crippen LogP contribution in [0.3, 0.4) is 0 Å². The van der Waals surface area contributed by atoms with Gasteiger partial charge in [-0.25, -0.2) is 0 Å². The third-order valence-corrected chi connectivity index (χ3v) is 6.31. The van der Waals surface area contributed by atoms with Crippen molar-refractivity contribution in [2.75, 3.05) is 7.05 Å². The highest BCUT2D eigenvalue weighted by Gasteiger charge is 2.37. The highest BCUT2D eigenvalue weighted by molar-refractivity contribution is 6.02. The van der Waals surface area contributed by atoms with E-state index in [1.807, 2.05) is 39.0 Å². The van der Waals surface area contributed by atoms with E-state index >= 15 is 0 Å². The third kappa shape index (κ3) is 4.34. The van der Waals surface area contributed by atoms with Crippen molar-refractivity contribution in [2.45, 2.75) is 65.5 Å². The van der Waals surface area contributed by atoms with Gasteiger partial charge in [-0.15, -0.1) is 0 Å². The van der Waals surface area contributed by atoms with Crippen molar-refractivity contribution >= 4 is 5.91 Å². The lowest BCUT2D eigenvalue weighted by Crippen LogP contribution is -2.31. The second-order valence-electron chi connectivity index (χ2n) is 9.40. The zero-order valence-corrected chi connectivity index (χ0v) is 20.1. The maximum absolute atomic E-state index is 13.6. The predicted molar refractivity (Wildman–Crippen MR) is 127 cm³/mol. The van der Waals surface area contributed by atoms with E-state index in [4.69, 9.17) is 9.26 Å². The molecule has 0 aliphatic carbocycles. The summed E-state index contributed by atoms with van der Waals surface area (Å²) in [6.45, 7) is 8.52. The molecule has 1 N–H and O–H groups in total. The van der Waals surface area contributed by atoms with Gasteiger partial charge in [0.1, 0.15) is 29.1 Å². The number of phenolic OH excluding ortho intramolecular Hbond substituents is 1. The largest absolute Gasteiger partial charge is 0.506 e. The molecule has 0 saturated heterocycles. The van der Waals surface area contributed by atoms with Gasteiger partial charge in [-0.1, -0.05) is 48.7 Å². The Morgan fingerprint density at radius 1 is 1.18 bits per heavy atom. The van der Waals surface area contributed by atoms with Gasteiger partial charge in [0.15, 0.2) is 0 Å². The number of aromatic hydroxyl groups is 1. The number of benzene rings is 2. The molecule has 0 unspecified atom stereocenters. The van der Waals surface area contributed by atoms with E-state index in [1.54, 1.807) is 18.0 Å². The summed E-state index contributed by atoms with van der Waals surface area (Å²) in [5.41, 5.74) is 4.83. The monoisotopic (exact) mass is 448 g/mol. The van der Waals surface area contributed by atoms with Gasteiger partial charge in [-0.05, 0) is 50.8 Å². The molecule has 0 radical (unpaired) electrons. The Balaban J connectivity index is 1.85. The van der Waals surface area contributed by atoms with Crippen molar-refractivity contribution in [1.82, 2.24) is 10.1 Å². The molecule has 1 amide bonds. The molecule has 0 saturated carbocycles. The van der Waals surface area contributed by atoms with E-state index in [2.05, 4.69) is 18.1 Å². The van der Waals surface area contributed by atoms with Gasteiger partial charge in [-0.2, -0.15) is 0 Å². The number of amides is 1. The Kier molecular flexibility index (Phi) is 6.19. The second-order valence-corrected chi connectivity index (χ2v) is 9.40. The van der Waals surface area contributed by atoms with Crippen molar-refractivity contribution in [3.05, 3.63) is 64.5 Å². The molecule has 3 aromatic rings. The number of aryl methyl sites for hydroxylation is 2. The zero-order chi connectivity index (χ0) is 23.8. The van der Waals surface area contributed by atoms with Crippen LogP contribution in [0.5, 0.6) is 11.5 Å². The minimum Gasteiger partial charge on any atom is -0.506 e. The van der Waals surface area contributed by atoms with Crippen LogP contribution in [0.1, 0.15) is 72.8 Å². The zero-order valence-electron chi connectivity index (χ0n) is 20.1. The fraction of sp³-hybridized carbons (Fsp3) is 0.407. The molecule has 0 bridgehead atoms. The van der Waals surface area contributed by atoms with Crippen LogP contribution < -0.4 is 4.74 Å². The fourth-order valence-electron chi connectivity index (χ4n) is 4.58. The first-order valence-electron chi connectivity index (χ1n) is 11.6. The number of hydrogen-bond donors (Lipinski definition) is 1. The molecule has 1 aliphatic heterocycles. The van der Waals surface area contributed by atoms with Crippen LogP contribution in [0.4, 0.5) is 0 Å². The van der Waals surface area contributed by atoms with Gasteiger partial charge in [0.25, 0.3) is 5.91 Å². The molecule has 174 valence electrons. The first kappa shape index (κ1) is 22.9. The minimum atomic E-state index is -0.543. The van der Waals surface area contributed by atoms with Gasteiger partial charge in [0.05, 0.1) is 17.7 Å². The standard InChI is InChI=1S/C27H32N2O4/c1-6-7-8-9-18-15-22-24(20-14-17(2)10-11-21(20)27(3,4)33-22)25(30)23(18)26(31)29(5)16-19-12-13-32-28-19/h10-15,30H,6-9,16H2,1-5H3. The highest BCUT2D eigenvalue weighted by Crippen LogP contribution is 2.51. The van der Waals surface area contributed by atoms with Gasteiger partial charge in [-0.3, -0.25) is 4.79 Å². The molecule has 1 aliphatic rings. The van der Waals surface area contributed by atoms with E-state index in [1.165, 1.54) is 6.26 Å². The number of carbonyl (C=O) groups is 1. The summed E-state index contributed by atoms with van der Waals surface area (Å²) in [6, 6.07) is 9.83. The first-order valence-corrected chi connectivity index (χ1v) is 11.6. The number of rotatable bonds is 7. The maximum Gasteiger partial charge on any atom is 0.258 e. The lowest BCUT2D eigenvalue weighted by Gasteiger charge is -2.36. The normalized spacial score (nSPS) is 13.7. The smallest absolute Gasteiger partial charge is 0.258 e. The summed E-state index contributed by atoms with van der Waals surface area (Å²) < 4.78 is 11.3. The van der Waals surface area contributed by atoms with Gasteiger partial charge >= 0.3 is 0 Å². The topological polar surface area (TPSA) is 75.8 Å². The average Bonchev–Trinajstić information content (AvgIpc) is 3.25. The van der Waals surface area contributed by atoms with Crippen LogP contribution in [-0.2, 0) is 18.6 Å². The van der Waals surface area contributed by atoms with Gasteiger partial charge < -0.3 is 19.3 Å². The molecule has 33 heavy (non-hydrogen) atoms. The Morgan fingerprint density at radius 2 is 1.97 bits per heavy atom. The molecular formula is C27H32N2O4. The number of ether oxygens (including phenoxy) is 1. The summed E-state index contributed by atoms with van der Waals surface area (Å²) in [6.07, 6.45) is 5.23. The summed E-state index contributed by atoms with van der Waals surface area (Å²) in [5, 5.41) is 15.5. The van der Waals surface area contributed by atoms with Gasteiger partial charge in [0, 0.05) is 18.7 Å². The number of aromatic nitrogens is 1. The number of fused-ring (bicyclic) bond motifs is 3. The summed E-state index contributed by atoms with van der Waals surface area (Å²) in [4.78, 5) is 15.2. The Labute approximate surface area is 195 Å². The minimum absolute atomic E-state index is 0.0154. The molecule has 1 aromatic heterocycles. The quantitative estimate of drug-likeness (QED) is 0.450. The van der Waals surface area contributed by atoms with Crippen LogP contribution in [0, 0.1) is 6.92 Å². The van der Waals surface area contributed by atoms with Crippen molar-refractivity contribution in [3.8, 4) is 22.6 Å². The highest BCUT2D eigenvalue weighted by atomic mass is 16.5. The molecule has 2 aromatic carbocycles. The lowest BCUT2D eigenvalue weighted by atomic mass is 9.83. The van der Waals surface area contributed by atoms with Crippen LogP contribution in [0.2, 0.25) is 0 Å². The van der Waals surface area contributed by atoms with Crippen molar-refractivity contribution < 1.29 is 19.2 Å². The maximum atomic E-state index is 13.6. The third-order valence-electron chi connectivity index (χ3n) is 6.31. The van der Waals surface area contributed by atoms with E-state index < -0.39 is 5.60 Å². The Morgan fingerprint density at radius 3 is 2.67 bits per heavy atom. The van der Waals surface area contributed by atoms with E-state index in [9.17, 15) is 9.90 Å². The van der Waals surface area contributed by atoms with Gasteiger partial charge in [0.2, 0.25) is 0 Å². The lowest BCUT2D eigenvalue weighted by molar-refractivity contribution is 0.0777. The molecular weight excluding hydrogens is 416 g/mol. The molecule has 6 heteroatoms. The molecule has 6 nitrogen and oxygen atoms in total. The fourth-order valence-corrected chi connectivity index (χ4v) is 4.58. The molecule has 2 heterocycles. The van der Waals surface area contributed by atoms with Crippen LogP contribution in [0.25, 0.3) is 11.1 Å². The van der Waals surface area contributed by atoms with E-state index in [-0.39, 0.29) is 11.7 Å². The van der Waals surface area contributed by atoms with Crippen LogP contribution >= 0.6 is 0 Å². The number of nitrogens with zero attached hydrogens (tertiary/aromatic N) is 2. The molecule has 0 fully saturated rings. The Bertz CT molecular complexity index is 1170. The molecule has 4 rings (SSSR count). The van der Waals surface area contributed by atoms with Crippen molar-refractivity contribution in [3.63, 3.8) is 0 Å².